The van der Waals surface area contributed by atoms with Gasteiger partial charge >= 0.3 is 0 Å². The zero-order chi connectivity index (χ0) is 25.6. The van der Waals surface area contributed by atoms with Gasteiger partial charge in [-0.2, -0.15) is 5.10 Å². The van der Waals surface area contributed by atoms with E-state index in [1.54, 1.807) is 0 Å². The van der Waals surface area contributed by atoms with E-state index in [9.17, 15) is 0 Å². The lowest BCUT2D eigenvalue weighted by molar-refractivity contribution is 0.00206. The van der Waals surface area contributed by atoms with Gasteiger partial charge in [0.05, 0.1) is 119 Å². The summed E-state index contributed by atoms with van der Waals surface area (Å²) in [7, 11) is 0. The number of rotatable bonds is 4. The molecule has 1 aromatic heterocycles. The molecular weight excluding hydrogens is 486 g/mol. The summed E-state index contributed by atoms with van der Waals surface area (Å²) >= 11 is 0. The number of aromatic amines is 1. The molecule has 0 radical (unpaired) electrons. The van der Waals surface area contributed by atoms with E-state index in [1.807, 2.05) is 0 Å². The van der Waals surface area contributed by atoms with Gasteiger partial charge in [0.1, 0.15) is 5.82 Å². The smallest absolute Gasteiger partial charge is 0.164 e. The van der Waals surface area contributed by atoms with Gasteiger partial charge in [-0.15, -0.1) is 0 Å². The van der Waals surface area contributed by atoms with Gasteiger partial charge in [0.15, 0.2) is 5.82 Å². The Hall–Kier alpha value is -1.26. The average Bonchev–Trinajstić information content (AvgIpc) is 3.33. The maximum absolute atomic E-state index is 5.72. The summed E-state index contributed by atoms with van der Waals surface area (Å²) in [6.45, 7) is 13.6. The van der Waals surface area contributed by atoms with Gasteiger partial charge in [-0.05, 0) is 0 Å². The Bertz CT molecular complexity index is 586. The Morgan fingerprint density at radius 1 is 0.459 bits per heavy atom. The first-order chi connectivity index (χ1) is 18.4. The van der Waals surface area contributed by atoms with Crippen molar-refractivity contribution in [1.29, 1.82) is 0 Å². The molecule has 0 saturated carbocycles. The molecule has 214 valence electrons. The van der Waals surface area contributed by atoms with Crippen molar-refractivity contribution in [2.45, 2.75) is 13.1 Å². The lowest BCUT2D eigenvalue weighted by atomic mass is 10.4. The first kappa shape index (κ1) is 30.3. The summed E-state index contributed by atoms with van der Waals surface area (Å²) in [6.07, 6.45) is 0. The summed E-state index contributed by atoms with van der Waals surface area (Å²) in [5.41, 5.74) is 0. The van der Waals surface area contributed by atoms with Crippen LogP contribution < -0.4 is 0 Å². The van der Waals surface area contributed by atoms with E-state index in [0.29, 0.717) is 119 Å². The Kier molecular flexibility index (Phi) is 16.9. The van der Waals surface area contributed by atoms with E-state index >= 15 is 0 Å². The van der Waals surface area contributed by atoms with Gasteiger partial charge in [0.25, 0.3) is 0 Å². The van der Waals surface area contributed by atoms with Crippen molar-refractivity contribution in [3.05, 3.63) is 11.6 Å². The molecule has 0 amide bonds. The molecular formula is C24H45N5O8. The molecule has 13 nitrogen and oxygen atoms in total. The fraction of sp³-hybridized carbons (Fsp3) is 0.917. The molecule has 2 aliphatic rings. The van der Waals surface area contributed by atoms with Crippen LogP contribution >= 0.6 is 0 Å². The third-order valence-electron chi connectivity index (χ3n) is 5.76. The molecule has 3 rings (SSSR count). The molecule has 0 unspecified atom stereocenters. The quantitative estimate of drug-likeness (QED) is 0.542. The van der Waals surface area contributed by atoms with E-state index < -0.39 is 0 Å². The minimum atomic E-state index is 0.568. The molecule has 2 saturated heterocycles. The van der Waals surface area contributed by atoms with Gasteiger partial charge in [-0.25, -0.2) is 4.98 Å². The Morgan fingerprint density at radius 3 is 1.16 bits per heavy atom. The van der Waals surface area contributed by atoms with Gasteiger partial charge in [-0.3, -0.25) is 14.9 Å². The predicted molar refractivity (Wildman–Crippen MR) is 133 cm³/mol. The summed E-state index contributed by atoms with van der Waals surface area (Å²) < 4.78 is 44.9. The number of ether oxygens (including phenoxy) is 8. The second-order valence-electron chi connectivity index (χ2n) is 8.65. The van der Waals surface area contributed by atoms with Crippen molar-refractivity contribution >= 4 is 0 Å². The molecule has 1 N–H and O–H groups in total. The zero-order valence-corrected chi connectivity index (χ0v) is 22.1. The van der Waals surface area contributed by atoms with Crippen LogP contribution in [0.15, 0.2) is 0 Å². The Labute approximate surface area is 219 Å². The number of hydrogen-bond donors (Lipinski definition) is 1. The lowest BCUT2D eigenvalue weighted by Gasteiger charge is -2.21. The van der Waals surface area contributed by atoms with Gasteiger partial charge in [-0.1, -0.05) is 0 Å². The summed E-state index contributed by atoms with van der Waals surface area (Å²) in [6, 6.07) is 0. The molecule has 3 heterocycles. The molecule has 37 heavy (non-hydrogen) atoms. The highest BCUT2D eigenvalue weighted by molar-refractivity contribution is 4.91. The van der Waals surface area contributed by atoms with E-state index in [2.05, 4.69) is 20.0 Å². The number of nitrogens with one attached hydrogen (secondary N) is 1. The van der Waals surface area contributed by atoms with E-state index in [1.165, 1.54) is 0 Å². The number of hydrogen-bond acceptors (Lipinski definition) is 12. The molecule has 2 aliphatic heterocycles. The van der Waals surface area contributed by atoms with Crippen molar-refractivity contribution in [1.82, 2.24) is 25.0 Å². The molecule has 0 atom stereocenters. The summed E-state index contributed by atoms with van der Waals surface area (Å²) in [4.78, 5) is 9.24. The van der Waals surface area contributed by atoms with Crippen LogP contribution in [0.5, 0.6) is 0 Å². The maximum atomic E-state index is 5.72. The molecule has 13 heteroatoms. The van der Waals surface area contributed by atoms with Crippen LogP contribution in [0.2, 0.25) is 0 Å². The molecule has 0 aromatic carbocycles. The Morgan fingerprint density at radius 2 is 0.784 bits per heavy atom. The summed E-state index contributed by atoms with van der Waals surface area (Å²) in [5.74, 6) is 1.57. The topological polar surface area (TPSA) is 122 Å². The molecule has 0 aliphatic carbocycles. The second kappa shape index (κ2) is 20.7. The highest BCUT2D eigenvalue weighted by Gasteiger charge is 2.14. The number of nitrogens with zero attached hydrogens (tertiary/aromatic N) is 4. The SMILES string of the molecule is C1COCCOCCN(Cc2n[nH]c(CN3CCOCCOCCOCCOCC3)n2)CCOCCO1. The van der Waals surface area contributed by atoms with Crippen molar-refractivity contribution in [2.75, 3.05) is 132 Å². The van der Waals surface area contributed by atoms with Crippen LogP contribution in [0, 0.1) is 0 Å². The van der Waals surface area contributed by atoms with Crippen molar-refractivity contribution in [3.8, 4) is 0 Å². The molecule has 1 aromatic rings. The van der Waals surface area contributed by atoms with E-state index in [-0.39, 0.29) is 0 Å². The number of H-pyrrole nitrogens is 1. The van der Waals surface area contributed by atoms with Crippen LogP contribution in [0.3, 0.4) is 0 Å². The second-order valence-corrected chi connectivity index (χ2v) is 8.65. The summed E-state index contributed by atoms with van der Waals surface area (Å²) in [5, 5.41) is 7.56. The zero-order valence-electron chi connectivity index (χ0n) is 22.1. The van der Waals surface area contributed by atoms with Gasteiger partial charge < -0.3 is 37.9 Å². The van der Waals surface area contributed by atoms with Gasteiger partial charge in [0, 0.05) is 26.2 Å². The highest BCUT2D eigenvalue weighted by Crippen LogP contribution is 2.04. The third-order valence-corrected chi connectivity index (χ3v) is 5.76. The maximum Gasteiger partial charge on any atom is 0.164 e. The van der Waals surface area contributed by atoms with Crippen LogP contribution in [-0.4, -0.2) is 157 Å². The monoisotopic (exact) mass is 531 g/mol. The highest BCUT2D eigenvalue weighted by atomic mass is 16.6. The fourth-order valence-corrected chi connectivity index (χ4v) is 3.73. The largest absolute Gasteiger partial charge is 0.378 e. The fourth-order valence-electron chi connectivity index (χ4n) is 3.73. The van der Waals surface area contributed by atoms with Crippen LogP contribution in [0.1, 0.15) is 11.6 Å². The predicted octanol–water partition coefficient (Wildman–Crippen LogP) is -0.431. The first-order valence-electron chi connectivity index (χ1n) is 13.4. The standard InChI is InChI=1S/C24H45N5O8/c1-5-30-9-13-34-17-18-35-14-10-31-6-2-28(1)21-23-25-24(27-26-23)22-29-3-7-32-11-15-36-19-20-37-16-12-33-8-4-29/h1-22H2,(H,25,26,27). The molecule has 0 spiro atoms. The molecule has 2 fully saturated rings. The average molecular weight is 532 g/mol. The normalized spacial score (nSPS) is 23.4. The van der Waals surface area contributed by atoms with Crippen LogP contribution in [-0.2, 0) is 51.0 Å². The van der Waals surface area contributed by atoms with Crippen LogP contribution in [0.25, 0.3) is 0 Å². The van der Waals surface area contributed by atoms with Gasteiger partial charge in [0.2, 0.25) is 0 Å². The lowest BCUT2D eigenvalue weighted by Crippen LogP contribution is -2.32. The molecule has 0 bridgehead atoms. The minimum absolute atomic E-state index is 0.568. The Balaban J connectivity index is 1.45. The van der Waals surface area contributed by atoms with Crippen molar-refractivity contribution in [2.24, 2.45) is 0 Å². The van der Waals surface area contributed by atoms with E-state index in [0.717, 1.165) is 37.8 Å². The third kappa shape index (κ3) is 15.1. The minimum Gasteiger partial charge on any atom is -0.378 e. The first-order valence-corrected chi connectivity index (χ1v) is 13.4. The van der Waals surface area contributed by atoms with Crippen molar-refractivity contribution in [3.63, 3.8) is 0 Å². The van der Waals surface area contributed by atoms with E-state index in [4.69, 9.17) is 42.9 Å². The van der Waals surface area contributed by atoms with Crippen LogP contribution in [0.4, 0.5) is 0 Å². The number of aromatic nitrogens is 3. The van der Waals surface area contributed by atoms with Crippen molar-refractivity contribution < 1.29 is 37.9 Å².